The Kier molecular flexibility index (Phi) is 6.83. The molecular formula is C22H27ClN2O7. The van der Waals surface area contributed by atoms with Crippen LogP contribution < -0.4 is 0 Å². The fourth-order valence-corrected chi connectivity index (χ4v) is 4.84. The fraction of sp³-hybridized carbons (Fsp3) is 0.500. The third kappa shape index (κ3) is 4.20. The zero-order chi connectivity index (χ0) is 23.9. The minimum atomic E-state index is -1.17. The van der Waals surface area contributed by atoms with Crippen molar-refractivity contribution in [3.63, 3.8) is 0 Å². The molecule has 1 saturated heterocycles. The van der Waals surface area contributed by atoms with Gasteiger partial charge >= 0.3 is 5.97 Å². The lowest BCUT2D eigenvalue weighted by Gasteiger charge is -2.46. The summed E-state index contributed by atoms with van der Waals surface area (Å²) in [6, 6.07) is 2.11. The summed E-state index contributed by atoms with van der Waals surface area (Å²) in [7, 11) is 1.80. The zero-order valence-electron chi connectivity index (χ0n) is 18.1. The average molecular weight is 467 g/mol. The van der Waals surface area contributed by atoms with Crippen LogP contribution >= 0.6 is 11.6 Å². The molecule has 1 amide bonds. The first-order chi connectivity index (χ1) is 15.0. The van der Waals surface area contributed by atoms with E-state index >= 15 is 0 Å². The molecule has 0 spiro atoms. The maximum atomic E-state index is 12.4. The van der Waals surface area contributed by atoms with Gasteiger partial charge in [0.2, 0.25) is 5.91 Å². The largest absolute Gasteiger partial charge is 0.504 e. The number of aliphatic carboxylic acids is 1. The van der Waals surface area contributed by atoms with E-state index in [4.69, 9.17) is 11.6 Å². The number of carboxylic acids is 1. The highest BCUT2D eigenvalue weighted by Crippen LogP contribution is 2.47. The van der Waals surface area contributed by atoms with E-state index in [1.807, 2.05) is 11.8 Å². The number of carbonyl (C=O) groups excluding carboxylic acids is 2. The highest BCUT2D eigenvalue weighted by Gasteiger charge is 2.59. The molecule has 2 aliphatic heterocycles. The molecule has 0 saturated carbocycles. The number of phenolic OH excluding ortho intramolecular Hbond substituents is 2. The van der Waals surface area contributed by atoms with Crippen LogP contribution in [0.15, 0.2) is 23.4 Å². The molecule has 0 radical (unpaired) electrons. The number of amides is 1. The molecule has 0 aliphatic carbocycles. The second kappa shape index (κ2) is 9.09. The Labute approximate surface area is 190 Å². The second-order valence-corrected chi connectivity index (χ2v) is 8.93. The van der Waals surface area contributed by atoms with Crippen LogP contribution in [0.4, 0.5) is 0 Å². The number of nitrogens with zero attached hydrogens (tertiary/aromatic N) is 2. The van der Waals surface area contributed by atoms with Crippen LogP contribution in [-0.2, 0) is 9.59 Å². The molecule has 3 rings (SSSR count). The normalized spacial score (nSPS) is 23.4. The third-order valence-electron chi connectivity index (χ3n) is 6.27. The SMILES string of the molecule is C[C@@H](O)[C@H]1C(=O)N2C(C(=O)O)=C(CN(C)CCCC(=O)c3cc(O)c(O)c(Cl)c3)[C@H](C)[C@H]12. The minimum absolute atomic E-state index is 0.0125. The summed E-state index contributed by atoms with van der Waals surface area (Å²) >= 11 is 5.80. The molecule has 0 aromatic heterocycles. The maximum absolute atomic E-state index is 12.4. The van der Waals surface area contributed by atoms with Crippen LogP contribution in [0.25, 0.3) is 0 Å². The highest BCUT2D eigenvalue weighted by atomic mass is 35.5. The molecule has 0 bridgehead atoms. The molecule has 1 aromatic carbocycles. The Hall–Kier alpha value is -2.62. The van der Waals surface area contributed by atoms with Gasteiger partial charge in [0, 0.05) is 24.4 Å². The van der Waals surface area contributed by atoms with Gasteiger partial charge in [-0.2, -0.15) is 0 Å². The van der Waals surface area contributed by atoms with E-state index in [2.05, 4.69) is 0 Å². The average Bonchev–Trinajstić information content (AvgIpc) is 2.94. The van der Waals surface area contributed by atoms with E-state index in [0.717, 1.165) is 6.07 Å². The number of hydrogen-bond acceptors (Lipinski definition) is 7. The van der Waals surface area contributed by atoms with Gasteiger partial charge in [-0.1, -0.05) is 18.5 Å². The summed E-state index contributed by atoms with van der Waals surface area (Å²) in [5, 5.41) is 38.6. The van der Waals surface area contributed by atoms with Gasteiger partial charge in [-0.25, -0.2) is 4.79 Å². The Morgan fingerprint density at radius 2 is 1.94 bits per heavy atom. The van der Waals surface area contributed by atoms with Crippen molar-refractivity contribution in [2.75, 3.05) is 20.1 Å². The van der Waals surface area contributed by atoms with Crippen LogP contribution in [0.3, 0.4) is 0 Å². The molecule has 0 unspecified atom stereocenters. The molecule has 4 N–H and O–H groups in total. The van der Waals surface area contributed by atoms with Gasteiger partial charge in [-0.05, 0) is 44.6 Å². The van der Waals surface area contributed by atoms with Crippen molar-refractivity contribution in [1.29, 1.82) is 0 Å². The topological polar surface area (TPSA) is 139 Å². The van der Waals surface area contributed by atoms with E-state index in [9.17, 15) is 34.8 Å². The summed E-state index contributed by atoms with van der Waals surface area (Å²) in [6.07, 6.45) is -0.207. The second-order valence-electron chi connectivity index (χ2n) is 8.52. The number of aliphatic hydroxyl groups excluding tert-OH is 1. The first-order valence-corrected chi connectivity index (χ1v) is 10.7. The van der Waals surface area contributed by atoms with Crippen LogP contribution in [0.2, 0.25) is 5.02 Å². The van der Waals surface area contributed by atoms with E-state index in [0.29, 0.717) is 25.1 Å². The predicted octanol–water partition coefficient (Wildman–Crippen LogP) is 1.84. The quantitative estimate of drug-likeness (QED) is 0.245. The first kappa shape index (κ1) is 24.0. The molecule has 174 valence electrons. The number of ketones is 1. The Balaban J connectivity index is 1.62. The molecule has 9 nitrogen and oxygen atoms in total. The van der Waals surface area contributed by atoms with Crippen molar-refractivity contribution in [3.05, 3.63) is 34.0 Å². The molecule has 2 heterocycles. The molecule has 1 fully saturated rings. The van der Waals surface area contributed by atoms with Crippen LogP contribution in [0.1, 0.15) is 37.0 Å². The maximum Gasteiger partial charge on any atom is 0.352 e. The number of phenols is 2. The number of carboxylic acid groups (broad SMARTS) is 1. The van der Waals surface area contributed by atoms with Crippen LogP contribution in [0.5, 0.6) is 11.5 Å². The van der Waals surface area contributed by atoms with Crippen molar-refractivity contribution < 1.29 is 34.8 Å². The summed E-state index contributed by atoms with van der Waals surface area (Å²) in [6.45, 7) is 4.21. The molecule has 1 aromatic rings. The summed E-state index contributed by atoms with van der Waals surface area (Å²) in [5.41, 5.74) is 0.810. The number of β-lactam (4-membered cyclic amide) rings is 1. The number of halogens is 1. The number of aliphatic hydroxyl groups is 1. The van der Waals surface area contributed by atoms with E-state index in [-0.39, 0.29) is 46.4 Å². The smallest absolute Gasteiger partial charge is 0.352 e. The number of aromatic hydroxyl groups is 2. The van der Waals surface area contributed by atoms with Crippen LogP contribution in [-0.4, -0.2) is 80.2 Å². The lowest BCUT2D eigenvalue weighted by molar-refractivity contribution is -0.163. The molecule has 32 heavy (non-hydrogen) atoms. The van der Waals surface area contributed by atoms with Gasteiger partial charge < -0.3 is 30.2 Å². The van der Waals surface area contributed by atoms with Crippen molar-refractivity contribution in [2.24, 2.45) is 11.8 Å². The standard InChI is InChI=1S/C22H27ClN2O7/c1-10-13(19(22(31)32)25-18(10)17(11(2)26)21(25)30)9-24(3)6-4-5-15(27)12-7-14(23)20(29)16(28)8-12/h7-8,10-11,17-18,26,28-29H,4-6,9H2,1-3H3,(H,31,32)/t10-,11+,17+,18+/m0/s1. The minimum Gasteiger partial charge on any atom is -0.504 e. The Morgan fingerprint density at radius 1 is 1.28 bits per heavy atom. The van der Waals surface area contributed by atoms with Crippen molar-refractivity contribution in [3.8, 4) is 11.5 Å². The van der Waals surface area contributed by atoms with E-state index in [1.54, 1.807) is 7.05 Å². The summed E-state index contributed by atoms with van der Waals surface area (Å²) in [4.78, 5) is 39.8. The Bertz CT molecular complexity index is 967. The zero-order valence-corrected chi connectivity index (χ0v) is 18.8. The monoisotopic (exact) mass is 466 g/mol. The van der Waals surface area contributed by atoms with Gasteiger partial charge in [0.1, 0.15) is 5.70 Å². The first-order valence-electron chi connectivity index (χ1n) is 10.4. The number of Topliss-reactive ketones (excluding diaryl/α,β-unsaturated/α-hetero) is 1. The molecule has 2 aliphatic rings. The van der Waals surface area contributed by atoms with E-state index < -0.39 is 29.5 Å². The van der Waals surface area contributed by atoms with Gasteiger partial charge in [0.05, 0.1) is 23.1 Å². The number of benzene rings is 1. The summed E-state index contributed by atoms with van der Waals surface area (Å²) in [5.74, 6) is -3.52. The van der Waals surface area contributed by atoms with Gasteiger partial charge in [0.15, 0.2) is 17.3 Å². The number of rotatable bonds is 9. The summed E-state index contributed by atoms with van der Waals surface area (Å²) < 4.78 is 0. The lowest BCUT2D eigenvalue weighted by atomic mass is 9.77. The fourth-order valence-electron chi connectivity index (χ4n) is 4.62. The van der Waals surface area contributed by atoms with Gasteiger partial charge in [-0.15, -0.1) is 0 Å². The van der Waals surface area contributed by atoms with Crippen LogP contribution in [0, 0.1) is 11.8 Å². The molecule has 4 atom stereocenters. The van der Waals surface area contributed by atoms with Crippen molar-refractivity contribution in [1.82, 2.24) is 9.80 Å². The Morgan fingerprint density at radius 3 is 2.50 bits per heavy atom. The molecular weight excluding hydrogens is 440 g/mol. The number of fused-ring (bicyclic) bond motifs is 1. The number of carbonyl (C=O) groups is 3. The lowest BCUT2D eigenvalue weighted by Crippen LogP contribution is -2.63. The third-order valence-corrected chi connectivity index (χ3v) is 6.56. The van der Waals surface area contributed by atoms with Crippen molar-refractivity contribution in [2.45, 2.75) is 38.8 Å². The molecule has 10 heteroatoms. The van der Waals surface area contributed by atoms with E-state index in [1.165, 1.54) is 17.9 Å². The van der Waals surface area contributed by atoms with Crippen molar-refractivity contribution >= 4 is 29.3 Å². The highest BCUT2D eigenvalue weighted by molar-refractivity contribution is 6.32. The van der Waals surface area contributed by atoms with Gasteiger partial charge in [-0.3, -0.25) is 9.59 Å². The number of likely N-dealkylation sites (N-methyl/N-ethyl adjacent to an activating group) is 1. The number of hydrogen-bond donors (Lipinski definition) is 4. The predicted molar refractivity (Wildman–Crippen MR) is 115 cm³/mol. The van der Waals surface area contributed by atoms with Gasteiger partial charge in [0.25, 0.3) is 0 Å².